The number of rotatable bonds is 9. The van der Waals surface area contributed by atoms with E-state index in [-0.39, 0.29) is 23.6 Å². The first kappa shape index (κ1) is 24.6. The molecule has 3 aromatic rings. The number of ether oxygens (including phenoxy) is 1. The van der Waals surface area contributed by atoms with E-state index in [0.29, 0.717) is 39.5 Å². The number of aryl methyl sites for hydroxylation is 1. The molecule has 0 aliphatic rings. The number of anilines is 1. The third-order valence-corrected chi connectivity index (χ3v) is 6.08. The second-order valence-electron chi connectivity index (χ2n) is 7.33. The zero-order chi connectivity index (χ0) is 24.0. The summed E-state index contributed by atoms with van der Waals surface area (Å²) in [6, 6.07) is 12.0. The first-order valence-corrected chi connectivity index (χ1v) is 11.8. The van der Waals surface area contributed by atoms with Crippen molar-refractivity contribution < 1.29 is 14.3 Å². The van der Waals surface area contributed by atoms with Gasteiger partial charge in [-0.25, -0.2) is 0 Å². The normalized spacial score (nSPS) is 11.7. The third-order valence-electron chi connectivity index (χ3n) is 4.88. The topological polar surface area (TPSA) is 98.1 Å². The van der Waals surface area contributed by atoms with Crippen LogP contribution < -0.4 is 15.4 Å². The third kappa shape index (κ3) is 6.27. The molecule has 0 aliphatic carbocycles. The number of carbonyl (C=O) groups excluding carboxylic acids is 2. The fraction of sp³-hybridized carbons (Fsp3) is 0.304. The van der Waals surface area contributed by atoms with Gasteiger partial charge >= 0.3 is 0 Å². The average molecular weight is 488 g/mol. The van der Waals surface area contributed by atoms with Crippen LogP contribution in [0.3, 0.4) is 0 Å². The second-order valence-corrected chi connectivity index (χ2v) is 8.71. The predicted octanol–water partition coefficient (Wildman–Crippen LogP) is 4.49. The molecule has 1 atom stereocenters. The van der Waals surface area contributed by atoms with Crippen molar-refractivity contribution in [2.45, 2.75) is 38.5 Å². The molecule has 8 nitrogen and oxygen atoms in total. The summed E-state index contributed by atoms with van der Waals surface area (Å²) in [5.41, 5.74) is 2.17. The number of nitrogens with zero attached hydrogens (tertiary/aromatic N) is 3. The SMILES string of the molecule is CCn1c(SCC(=O)Nc2cc(Cl)ccc2OC)nnc1[C@@H](C)NC(=O)c1ccc(C)cc1. The zero-order valence-electron chi connectivity index (χ0n) is 18.9. The highest BCUT2D eigenvalue weighted by molar-refractivity contribution is 7.99. The Hall–Kier alpha value is -3.04. The minimum atomic E-state index is -0.356. The summed E-state index contributed by atoms with van der Waals surface area (Å²) in [5, 5.41) is 15.3. The fourth-order valence-electron chi connectivity index (χ4n) is 3.17. The summed E-state index contributed by atoms with van der Waals surface area (Å²) in [6.45, 7) is 6.38. The van der Waals surface area contributed by atoms with E-state index in [1.54, 1.807) is 30.3 Å². The number of hydrogen-bond donors (Lipinski definition) is 2. The van der Waals surface area contributed by atoms with Crippen molar-refractivity contribution in [3.8, 4) is 5.75 Å². The molecule has 1 heterocycles. The van der Waals surface area contributed by atoms with Gasteiger partial charge in [0.25, 0.3) is 5.91 Å². The molecule has 0 saturated heterocycles. The smallest absolute Gasteiger partial charge is 0.251 e. The van der Waals surface area contributed by atoms with E-state index in [4.69, 9.17) is 16.3 Å². The Bertz CT molecular complexity index is 1130. The lowest BCUT2D eigenvalue weighted by Gasteiger charge is -2.15. The number of aromatic nitrogens is 3. The van der Waals surface area contributed by atoms with Gasteiger partial charge in [0.15, 0.2) is 11.0 Å². The van der Waals surface area contributed by atoms with Crippen LogP contribution in [-0.4, -0.2) is 39.4 Å². The van der Waals surface area contributed by atoms with Crippen LogP contribution in [-0.2, 0) is 11.3 Å². The van der Waals surface area contributed by atoms with E-state index in [9.17, 15) is 9.59 Å². The molecule has 0 bridgehead atoms. The molecular formula is C23H26ClN5O3S. The van der Waals surface area contributed by atoms with Gasteiger partial charge in [-0.1, -0.05) is 41.1 Å². The fourth-order valence-corrected chi connectivity index (χ4v) is 4.15. The van der Waals surface area contributed by atoms with Crippen LogP contribution in [0, 0.1) is 6.92 Å². The van der Waals surface area contributed by atoms with Crippen molar-refractivity contribution in [2.75, 3.05) is 18.2 Å². The molecule has 0 aliphatic heterocycles. The Morgan fingerprint density at radius 3 is 2.58 bits per heavy atom. The standard InChI is InChI=1S/C23H26ClN5O3S/c1-5-29-21(15(3)25-22(31)16-8-6-14(2)7-9-16)27-28-23(29)33-13-20(30)26-18-12-17(24)10-11-19(18)32-4/h6-12,15H,5,13H2,1-4H3,(H,25,31)(H,26,30)/t15-/m1/s1. The van der Waals surface area contributed by atoms with Gasteiger partial charge in [-0.2, -0.15) is 0 Å². The maximum atomic E-state index is 12.6. The van der Waals surface area contributed by atoms with Gasteiger partial charge < -0.3 is 19.9 Å². The highest BCUT2D eigenvalue weighted by Gasteiger charge is 2.20. The molecule has 3 rings (SSSR count). The lowest BCUT2D eigenvalue weighted by atomic mass is 10.1. The van der Waals surface area contributed by atoms with Crippen molar-refractivity contribution in [1.82, 2.24) is 20.1 Å². The van der Waals surface area contributed by atoms with Crippen molar-refractivity contribution in [2.24, 2.45) is 0 Å². The summed E-state index contributed by atoms with van der Waals surface area (Å²) in [6.07, 6.45) is 0. The Morgan fingerprint density at radius 1 is 1.18 bits per heavy atom. The number of halogens is 1. The summed E-state index contributed by atoms with van der Waals surface area (Å²) in [5.74, 6) is 0.857. The molecule has 0 unspecified atom stereocenters. The Labute approximate surface area is 202 Å². The number of carbonyl (C=O) groups is 2. The first-order chi connectivity index (χ1) is 15.8. The molecule has 0 fully saturated rings. The predicted molar refractivity (Wildman–Crippen MR) is 130 cm³/mol. The van der Waals surface area contributed by atoms with Gasteiger partial charge in [0.2, 0.25) is 5.91 Å². The van der Waals surface area contributed by atoms with Crippen molar-refractivity contribution >= 4 is 40.9 Å². The van der Waals surface area contributed by atoms with Crippen LogP contribution in [0.1, 0.15) is 41.6 Å². The molecule has 2 aromatic carbocycles. The van der Waals surface area contributed by atoms with Gasteiger partial charge in [-0.3, -0.25) is 9.59 Å². The van der Waals surface area contributed by atoms with E-state index in [0.717, 1.165) is 5.56 Å². The van der Waals surface area contributed by atoms with Crippen molar-refractivity contribution in [3.05, 3.63) is 64.4 Å². The molecule has 174 valence electrons. The Morgan fingerprint density at radius 2 is 1.91 bits per heavy atom. The van der Waals surface area contributed by atoms with Crippen molar-refractivity contribution in [3.63, 3.8) is 0 Å². The number of thioether (sulfide) groups is 1. The summed E-state index contributed by atoms with van der Waals surface area (Å²) in [4.78, 5) is 25.1. The van der Waals surface area contributed by atoms with Gasteiger partial charge in [0.1, 0.15) is 5.75 Å². The van der Waals surface area contributed by atoms with E-state index in [2.05, 4.69) is 20.8 Å². The average Bonchev–Trinajstić information content (AvgIpc) is 3.21. The number of amides is 2. The number of nitrogens with one attached hydrogen (secondary N) is 2. The highest BCUT2D eigenvalue weighted by Crippen LogP contribution is 2.28. The maximum Gasteiger partial charge on any atom is 0.251 e. The molecule has 0 spiro atoms. The highest BCUT2D eigenvalue weighted by atomic mass is 35.5. The largest absolute Gasteiger partial charge is 0.495 e. The quantitative estimate of drug-likeness (QED) is 0.431. The van der Waals surface area contributed by atoms with E-state index in [1.165, 1.54) is 18.9 Å². The monoisotopic (exact) mass is 487 g/mol. The van der Waals surface area contributed by atoms with Crippen LogP contribution >= 0.6 is 23.4 Å². The van der Waals surface area contributed by atoms with Gasteiger partial charge in [-0.05, 0) is 51.1 Å². The van der Waals surface area contributed by atoms with Crippen LogP contribution in [0.25, 0.3) is 0 Å². The molecule has 2 amide bonds. The molecule has 0 radical (unpaired) electrons. The molecule has 10 heteroatoms. The van der Waals surface area contributed by atoms with E-state index < -0.39 is 0 Å². The molecule has 1 aromatic heterocycles. The van der Waals surface area contributed by atoms with Crippen LogP contribution in [0.15, 0.2) is 47.6 Å². The Kier molecular flexibility index (Phi) is 8.35. The van der Waals surface area contributed by atoms with Crippen LogP contribution in [0.2, 0.25) is 5.02 Å². The summed E-state index contributed by atoms with van der Waals surface area (Å²) >= 11 is 7.28. The molecular weight excluding hydrogens is 462 g/mol. The number of hydrogen-bond acceptors (Lipinski definition) is 6. The molecule has 2 N–H and O–H groups in total. The van der Waals surface area contributed by atoms with Crippen LogP contribution in [0.5, 0.6) is 5.75 Å². The Balaban J connectivity index is 1.64. The van der Waals surface area contributed by atoms with Crippen LogP contribution in [0.4, 0.5) is 5.69 Å². The maximum absolute atomic E-state index is 12.6. The molecule has 0 saturated carbocycles. The van der Waals surface area contributed by atoms with Gasteiger partial charge in [-0.15, -0.1) is 10.2 Å². The van der Waals surface area contributed by atoms with Gasteiger partial charge in [0, 0.05) is 17.1 Å². The van der Waals surface area contributed by atoms with E-state index >= 15 is 0 Å². The van der Waals surface area contributed by atoms with Gasteiger partial charge in [0.05, 0.1) is 24.6 Å². The minimum absolute atomic E-state index is 0.123. The zero-order valence-corrected chi connectivity index (χ0v) is 20.5. The lowest BCUT2D eigenvalue weighted by Crippen LogP contribution is -2.28. The minimum Gasteiger partial charge on any atom is -0.495 e. The van der Waals surface area contributed by atoms with Crippen molar-refractivity contribution in [1.29, 1.82) is 0 Å². The lowest BCUT2D eigenvalue weighted by molar-refractivity contribution is -0.113. The number of benzene rings is 2. The van der Waals surface area contributed by atoms with E-state index in [1.807, 2.05) is 37.5 Å². The number of methoxy groups -OCH3 is 1. The first-order valence-electron chi connectivity index (χ1n) is 10.4. The molecule has 33 heavy (non-hydrogen) atoms. The summed E-state index contributed by atoms with van der Waals surface area (Å²) in [7, 11) is 1.53. The summed E-state index contributed by atoms with van der Waals surface area (Å²) < 4.78 is 7.15. The second kappa shape index (κ2) is 11.2.